The van der Waals surface area contributed by atoms with Crippen molar-refractivity contribution in [1.29, 1.82) is 0 Å². The first-order chi connectivity index (χ1) is 15.2. The van der Waals surface area contributed by atoms with Crippen LogP contribution in [-0.2, 0) is 9.47 Å². The van der Waals surface area contributed by atoms with Gasteiger partial charge in [-0.25, -0.2) is 0 Å². The van der Waals surface area contributed by atoms with E-state index in [-0.39, 0.29) is 6.04 Å². The molecule has 0 aliphatic carbocycles. The summed E-state index contributed by atoms with van der Waals surface area (Å²) in [7, 11) is 3.46. The highest BCUT2D eigenvalue weighted by Crippen LogP contribution is 2.23. The third-order valence-corrected chi connectivity index (χ3v) is 5.12. The van der Waals surface area contributed by atoms with Gasteiger partial charge in [0.15, 0.2) is 5.96 Å². The molecular formula is C23H34N4O4. The molecule has 0 amide bonds. The van der Waals surface area contributed by atoms with Gasteiger partial charge < -0.3 is 29.3 Å². The van der Waals surface area contributed by atoms with E-state index >= 15 is 0 Å². The Labute approximate surface area is 184 Å². The number of nitrogens with zero attached hydrogens (tertiary/aromatic N) is 2. The van der Waals surface area contributed by atoms with Crippen LogP contribution in [0.15, 0.2) is 45.8 Å². The van der Waals surface area contributed by atoms with E-state index in [4.69, 9.17) is 18.6 Å². The summed E-state index contributed by atoms with van der Waals surface area (Å²) in [6, 6.07) is 12.0. The molecule has 1 aromatic heterocycles. The molecule has 2 aromatic rings. The van der Waals surface area contributed by atoms with Crippen LogP contribution in [-0.4, -0.2) is 71.1 Å². The number of hydrogen-bond acceptors (Lipinski definition) is 6. The number of guanidine groups is 1. The molecule has 31 heavy (non-hydrogen) atoms. The molecule has 170 valence electrons. The number of nitrogens with one attached hydrogen (secondary N) is 2. The van der Waals surface area contributed by atoms with E-state index in [1.165, 1.54) is 0 Å². The van der Waals surface area contributed by atoms with Crippen molar-refractivity contribution < 1.29 is 18.6 Å². The predicted molar refractivity (Wildman–Crippen MR) is 122 cm³/mol. The molecule has 1 aromatic carbocycles. The lowest BCUT2D eigenvalue weighted by atomic mass is 10.1. The van der Waals surface area contributed by atoms with Crippen LogP contribution in [0.4, 0.5) is 5.69 Å². The second-order valence-electron chi connectivity index (χ2n) is 7.41. The van der Waals surface area contributed by atoms with Gasteiger partial charge in [0.05, 0.1) is 25.9 Å². The number of anilines is 1. The zero-order valence-electron chi connectivity index (χ0n) is 18.7. The van der Waals surface area contributed by atoms with Crippen LogP contribution in [0.2, 0.25) is 0 Å². The first-order valence-electron chi connectivity index (χ1n) is 10.8. The standard InChI is InChI=1S/C23H34N4O4/c1-18-8-9-22(31-18)21(27-10-14-29-15-11-27)17-25-23(24-2)26-19-6-4-7-20(16-19)30-13-5-12-28-3/h4,6-9,16,21H,5,10-15,17H2,1-3H3,(H2,24,25,26). The summed E-state index contributed by atoms with van der Waals surface area (Å²) < 4.78 is 22.3. The molecule has 0 bridgehead atoms. The topological polar surface area (TPSA) is 80.5 Å². The van der Waals surface area contributed by atoms with Crippen molar-refractivity contribution >= 4 is 11.6 Å². The first-order valence-corrected chi connectivity index (χ1v) is 10.8. The van der Waals surface area contributed by atoms with Crippen LogP contribution >= 0.6 is 0 Å². The maximum Gasteiger partial charge on any atom is 0.195 e. The molecule has 0 spiro atoms. The molecular weight excluding hydrogens is 396 g/mol. The molecule has 8 heteroatoms. The Morgan fingerprint density at radius 3 is 2.74 bits per heavy atom. The van der Waals surface area contributed by atoms with Gasteiger partial charge in [0.25, 0.3) is 0 Å². The summed E-state index contributed by atoms with van der Waals surface area (Å²) in [4.78, 5) is 6.76. The zero-order valence-corrected chi connectivity index (χ0v) is 18.7. The van der Waals surface area contributed by atoms with Crippen LogP contribution in [0.25, 0.3) is 0 Å². The Morgan fingerprint density at radius 1 is 1.19 bits per heavy atom. The molecule has 0 radical (unpaired) electrons. The Kier molecular flexibility index (Phi) is 9.20. The van der Waals surface area contributed by atoms with Crippen LogP contribution in [0.3, 0.4) is 0 Å². The number of ether oxygens (including phenoxy) is 3. The fraction of sp³-hybridized carbons (Fsp3) is 0.522. The average Bonchev–Trinajstić information content (AvgIpc) is 3.23. The molecule has 1 atom stereocenters. The van der Waals surface area contributed by atoms with E-state index in [1.54, 1.807) is 14.2 Å². The summed E-state index contributed by atoms with van der Waals surface area (Å²) >= 11 is 0. The SMILES string of the molecule is CN=C(NCC(c1ccc(C)o1)N1CCOCC1)Nc1cccc(OCCCOC)c1. The van der Waals surface area contributed by atoms with E-state index in [9.17, 15) is 0 Å². The summed E-state index contributed by atoms with van der Waals surface area (Å²) in [5, 5.41) is 6.79. The van der Waals surface area contributed by atoms with E-state index in [1.807, 2.05) is 37.3 Å². The summed E-state index contributed by atoms with van der Waals surface area (Å²) in [6.07, 6.45) is 0.854. The second-order valence-corrected chi connectivity index (χ2v) is 7.41. The fourth-order valence-electron chi connectivity index (χ4n) is 3.50. The lowest BCUT2D eigenvalue weighted by Crippen LogP contribution is -2.44. The van der Waals surface area contributed by atoms with Crippen molar-refractivity contribution in [3.8, 4) is 5.75 Å². The Balaban J connectivity index is 1.59. The highest BCUT2D eigenvalue weighted by atomic mass is 16.5. The van der Waals surface area contributed by atoms with Gasteiger partial charge in [0.1, 0.15) is 17.3 Å². The fourth-order valence-corrected chi connectivity index (χ4v) is 3.50. The van der Waals surface area contributed by atoms with Gasteiger partial charge in [-0.1, -0.05) is 6.07 Å². The number of aryl methyl sites for hydroxylation is 1. The molecule has 2 N–H and O–H groups in total. The molecule has 1 aliphatic rings. The van der Waals surface area contributed by atoms with Crippen LogP contribution in [0, 0.1) is 6.92 Å². The number of morpholine rings is 1. The van der Waals surface area contributed by atoms with Gasteiger partial charge in [0.2, 0.25) is 0 Å². The maximum atomic E-state index is 5.95. The minimum atomic E-state index is 0.103. The van der Waals surface area contributed by atoms with Crippen LogP contribution < -0.4 is 15.4 Å². The average molecular weight is 431 g/mol. The third kappa shape index (κ3) is 7.27. The number of hydrogen-bond donors (Lipinski definition) is 2. The van der Waals surface area contributed by atoms with Crippen LogP contribution in [0.5, 0.6) is 5.75 Å². The van der Waals surface area contributed by atoms with Gasteiger partial charge in [-0.15, -0.1) is 0 Å². The molecule has 1 aliphatic heterocycles. The lowest BCUT2D eigenvalue weighted by Gasteiger charge is -2.33. The molecule has 3 rings (SSSR count). The van der Waals surface area contributed by atoms with E-state index in [0.717, 1.165) is 55.7 Å². The highest BCUT2D eigenvalue weighted by Gasteiger charge is 2.25. The largest absolute Gasteiger partial charge is 0.493 e. The molecule has 0 saturated carbocycles. The highest BCUT2D eigenvalue weighted by molar-refractivity contribution is 5.93. The Hall–Kier alpha value is -2.55. The lowest BCUT2D eigenvalue weighted by molar-refractivity contribution is 0.0125. The predicted octanol–water partition coefficient (Wildman–Crippen LogP) is 3.06. The third-order valence-electron chi connectivity index (χ3n) is 5.12. The molecule has 1 fully saturated rings. The number of methoxy groups -OCH3 is 1. The smallest absolute Gasteiger partial charge is 0.195 e. The van der Waals surface area contributed by atoms with Gasteiger partial charge in [-0.2, -0.15) is 0 Å². The molecule has 1 unspecified atom stereocenters. The summed E-state index contributed by atoms with van der Waals surface area (Å²) in [5.41, 5.74) is 0.911. The minimum Gasteiger partial charge on any atom is -0.493 e. The van der Waals surface area contributed by atoms with Crippen molar-refractivity contribution in [2.45, 2.75) is 19.4 Å². The van der Waals surface area contributed by atoms with Crippen molar-refractivity contribution in [2.24, 2.45) is 4.99 Å². The van der Waals surface area contributed by atoms with Gasteiger partial charge in [0, 0.05) is 58.6 Å². The Morgan fingerprint density at radius 2 is 2.03 bits per heavy atom. The van der Waals surface area contributed by atoms with E-state index in [0.29, 0.717) is 25.7 Å². The summed E-state index contributed by atoms with van der Waals surface area (Å²) in [6.45, 7) is 7.17. The number of benzene rings is 1. The second kappa shape index (κ2) is 12.3. The van der Waals surface area contributed by atoms with Gasteiger partial charge in [-0.3, -0.25) is 9.89 Å². The molecule has 8 nitrogen and oxygen atoms in total. The van der Waals surface area contributed by atoms with Crippen LogP contribution in [0.1, 0.15) is 24.0 Å². The van der Waals surface area contributed by atoms with Gasteiger partial charge >= 0.3 is 0 Å². The normalized spacial score (nSPS) is 16.2. The van der Waals surface area contributed by atoms with Gasteiger partial charge in [-0.05, 0) is 31.2 Å². The first kappa shape index (κ1) is 23.1. The molecule has 1 saturated heterocycles. The monoisotopic (exact) mass is 430 g/mol. The Bertz CT molecular complexity index is 817. The van der Waals surface area contributed by atoms with E-state index < -0.39 is 0 Å². The summed E-state index contributed by atoms with van der Waals surface area (Å²) in [5.74, 6) is 3.37. The minimum absolute atomic E-state index is 0.103. The van der Waals surface area contributed by atoms with Crippen molar-refractivity contribution in [2.75, 3.05) is 65.5 Å². The van der Waals surface area contributed by atoms with Crippen molar-refractivity contribution in [3.63, 3.8) is 0 Å². The number of furan rings is 1. The molecule has 2 heterocycles. The van der Waals surface area contributed by atoms with E-state index in [2.05, 4.69) is 26.6 Å². The quantitative estimate of drug-likeness (QED) is 0.341. The van der Waals surface area contributed by atoms with Crippen molar-refractivity contribution in [1.82, 2.24) is 10.2 Å². The van der Waals surface area contributed by atoms with Crippen molar-refractivity contribution in [3.05, 3.63) is 47.9 Å². The number of aliphatic imine (C=N–C) groups is 1. The zero-order chi connectivity index (χ0) is 21.9. The number of rotatable bonds is 10. The maximum absolute atomic E-state index is 5.95.